The summed E-state index contributed by atoms with van der Waals surface area (Å²) >= 11 is 0. The summed E-state index contributed by atoms with van der Waals surface area (Å²) in [6.45, 7) is 0.346. The highest BCUT2D eigenvalue weighted by Gasteiger charge is 2.04. The number of halogens is 2. The molecule has 1 aromatic carbocycles. The fourth-order valence-corrected chi connectivity index (χ4v) is 0.847. The van der Waals surface area contributed by atoms with Crippen molar-refractivity contribution in [2.75, 3.05) is 0 Å². The first kappa shape index (κ1) is 11.2. The van der Waals surface area contributed by atoms with Crippen LogP contribution in [0.3, 0.4) is 0 Å². The zero-order valence-electron chi connectivity index (χ0n) is 7.65. The molecule has 0 aliphatic heterocycles. The van der Waals surface area contributed by atoms with E-state index in [0.717, 1.165) is 6.08 Å². The van der Waals surface area contributed by atoms with Gasteiger partial charge in [0.2, 0.25) is 0 Å². The summed E-state index contributed by atoms with van der Waals surface area (Å²) in [5.74, 6) is -0.373. The van der Waals surface area contributed by atoms with Crippen molar-refractivity contribution in [1.82, 2.24) is 0 Å². The lowest BCUT2D eigenvalue weighted by Crippen LogP contribution is -2.04. The minimum Gasteiger partial charge on any atom is -0.435 e. The second kappa shape index (κ2) is 5.09. The van der Waals surface area contributed by atoms with Crippen molar-refractivity contribution in [2.45, 2.75) is 6.61 Å². The van der Waals surface area contributed by atoms with Crippen LogP contribution in [0.2, 0.25) is 0 Å². The van der Waals surface area contributed by atoms with Gasteiger partial charge in [0.25, 0.3) is 0 Å². The quantitative estimate of drug-likeness (QED) is 0.438. The van der Waals surface area contributed by atoms with E-state index in [1.165, 1.54) is 24.3 Å². The Morgan fingerprint density at radius 2 is 1.80 bits per heavy atom. The van der Waals surface area contributed by atoms with Gasteiger partial charge >= 0.3 is 12.6 Å². The average Bonchev–Trinajstić information content (AvgIpc) is 2.20. The van der Waals surface area contributed by atoms with E-state index in [9.17, 15) is 13.6 Å². The first-order valence-electron chi connectivity index (χ1n) is 4.01. The molecule has 0 saturated heterocycles. The van der Waals surface area contributed by atoms with Crippen LogP contribution in [0.1, 0.15) is 0 Å². The van der Waals surface area contributed by atoms with Gasteiger partial charge in [0.15, 0.2) is 0 Å². The maximum absolute atomic E-state index is 11.8. The number of hydrogen-bond acceptors (Lipinski definition) is 3. The molecule has 5 heteroatoms. The highest BCUT2D eigenvalue weighted by atomic mass is 19.3. The number of carbonyl (C=O) groups is 1. The molecule has 0 unspecified atom stereocenters. The Morgan fingerprint density at radius 1 is 1.27 bits per heavy atom. The molecule has 0 saturated carbocycles. The fraction of sp³-hybridized carbons (Fsp3) is 0.100. The van der Waals surface area contributed by atoms with Gasteiger partial charge in [-0.15, -0.1) is 0 Å². The van der Waals surface area contributed by atoms with E-state index < -0.39 is 12.6 Å². The smallest absolute Gasteiger partial charge is 0.387 e. The molecule has 3 nitrogen and oxygen atoms in total. The molecule has 80 valence electrons. The van der Waals surface area contributed by atoms with E-state index in [0.29, 0.717) is 0 Å². The van der Waals surface area contributed by atoms with Gasteiger partial charge in [-0.05, 0) is 24.3 Å². The first-order valence-corrected chi connectivity index (χ1v) is 4.01. The van der Waals surface area contributed by atoms with Crippen LogP contribution in [-0.2, 0) is 4.79 Å². The summed E-state index contributed by atoms with van der Waals surface area (Å²) in [7, 11) is 0. The average molecular weight is 214 g/mol. The largest absolute Gasteiger partial charge is 0.435 e. The second-order valence-corrected chi connectivity index (χ2v) is 2.48. The minimum atomic E-state index is -2.87. The number of alkyl halides is 2. The van der Waals surface area contributed by atoms with Crippen LogP contribution in [0, 0.1) is 0 Å². The molecule has 0 N–H and O–H groups in total. The minimum absolute atomic E-state index is 0.00315. The lowest BCUT2D eigenvalue weighted by molar-refractivity contribution is -0.128. The normalized spacial score (nSPS) is 9.80. The number of benzene rings is 1. The SMILES string of the molecule is C=CC(=O)Oc1ccc(OC(F)F)cc1. The van der Waals surface area contributed by atoms with E-state index in [1.54, 1.807) is 0 Å². The highest BCUT2D eigenvalue weighted by molar-refractivity contribution is 5.83. The second-order valence-electron chi connectivity index (χ2n) is 2.48. The van der Waals surface area contributed by atoms with Crippen LogP contribution < -0.4 is 9.47 Å². The Bertz CT molecular complexity index is 346. The molecule has 0 aromatic heterocycles. The maximum atomic E-state index is 11.8. The van der Waals surface area contributed by atoms with Crippen molar-refractivity contribution in [1.29, 1.82) is 0 Å². The Balaban J connectivity index is 2.63. The predicted octanol–water partition coefficient (Wildman–Crippen LogP) is 2.38. The highest BCUT2D eigenvalue weighted by Crippen LogP contribution is 2.19. The molecule has 0 atom stereocenters. The van der Waals surface area contributed by atoms with Crippen LogP contribution in [0.25, 0.3) is 0 Å². The predicted molar refractivity (Wildman–Crippen MR) is 48.9 cm³/mol. The van der Waals surface area contributed by atoms with Crippen molar-refractivity contribution < 1.29 is 23.0 Å². The van der Waals surface area contributed by atoms with Gasteiger partial charge in [-0.1, -0.05) is 6.58 Å². The molecular weight excluding hydrogens is 206 g/mol. The summed E-state index contributed by atoms with van der Waals surface area (Å²) in [6, 6.07) is 5.24. The third kappa shape index (κ3) is 3.76. The van der Waals surface area contributed by atoms with Crippen molar-refractivity contribution in [3.05, 3.63) is 36.9 Å². The molecule has 0 spiro atoms. The lowest BCUT2D eigenvalue weighted by Gasteiger charge is -2.05. The van der Waals surface area contributed by atoms with Crippen LogP contribution in [0.5, 0.6) is 11.5 Å². The van der Waals surface area contributed by atoms with Crippen molar-refractivity contribution in [2.24, 2.45) is 0 Å². The third-order valence-electron chi connectivity index (χ3n) is 1.43. The van der Waals surface area contributed by atoms with Crippen molar-refractivity contribution in [3.63, 3.8) is 0 Å². The number of rotatable bonds is 4. The van der Waals surface area contributed by atoms with Crippen molar-refractivity contribution >= 4 is 5.97 Å². The van der Waals surface area contributed by atoms with Gasteiger partial charge in [-0.25, -0.2) is 4.79 Å². The molecule has 0 heterocycles. The van der Waals surface area contributed by atoms with Crippen LogP contribution in [0.4, 0.5) is 8.78 Å². The maximum Gasteiger partial charge on any atom is 0.387 e. The van der Waals surface area contributed by atoms with Gasteiger partial charge in [-0.2, -0.15) is 8.78 Å². The molecular formula is C10H8F2O3. The van der Waals surface area contributed by atoms with Crippen molar-refractivity contribution in [3.8, 4) is 11.5 Å². The number of esters is 1. The molecule has 1 aromatic rings. The summed E-state index contributed by atoms with van der Waals surface area (Å²) in [4.78, 5) is 10.8. The summed E-state index contributed by atoms with van der Waals surface area (Å²) < 4.78 is 32.4. The molecule has 0 aliphatic rings. The molecule has 0 aliphatic carbocycles. The molecule has 0 radical (unpaired) electrons. The van der Waals surface area contributed by atoms with Crippen LogP contribution in [-0.4, -0.2) is 12.6 Å². The Morgan fingerprint density at radius 3 is 2.27 bits per heavy atom. The lowest BCUT2D eigenvalue weighted by atomic mass is 10.3. The van der Waals surface area contributed by atoms with Gasteiger partial charge in [0.05, 0.1) is 0 Å². The van der Waals surface area contributed by atoms with E-state index in [4.69, 9.17) is 4.74 Å². The zero-order valence-corrected chi connectivity index (χ0v) is 7.65. The van der Waals surface area contributed by atoms with E-state index >= 15 is 0 Å². The fourth-order valence-electron chi connectivity index (χ4n) is 0.847. The van der Waals surface area contributed by atoms with Gasteiger partial charge in [-0.3, -0.25) is 0 Å². The van der Waals surface area contributed by atoms with E-state index in [-0.39, 0.29) is 11.5 Å². The molecule has 15 heavy (non-hydrogen) atoms. The van der Waals surface area contributed by atoms with Crippen LogP contribution >= 0.6 is 0 Å². The molecule has 0 fully saturated rings. The van der Waals surface area contributed by atoms with Crippen LogP contribution in [0.15, 0.2) is 36.9 Å². The first-order chi connectivity index (χ1) is 7.11. The van der Waals surface area contributed by atoms with E-state index in [1.807, 2.05) is 0 Å². The number of hydrogen-bond donors (Lipinski definition) is 0. The number of ether oxygens (including phenoxy) is 2. The third-order valence-corrected chi connectivity index (χ3v) is 1.43. The standard InChI is InChI=1S/C10H8F2O3/c1-2-9(13)14-7-3-5-8(6-4-7)15-10(11)12/h2-6,10H,1H2. The summed E-state index contributed by atoms with van der Waals surface area (Å²) in [6.07, 6.45) is 1.00. The Labute approximate surface area is 84.9 Å². The summed E-state index contributed by atoms with van der Waals surface area (Å²) in [5, 5.41) is 0. The zero-order chi connectivity index (χ0) is 11.3. The molecule has 1 rings (SSSR count). The number of carbonyl (C=O) groups excluding carboxylic acids is 1. The van der Waals surface area contributed by atoms with E-state index in [2.05, 4.69) is 11.3 Å². The Kier molecular flexibility index (Phi) is 3.79. The van der Waals surface area contributed by atoms with Gasteiger partial charge in [0.1, 0.15) is 11.5 Å². The van der Waals surface area contributed by atoms with Gasteiger partial charge in [0, 0.05) is 6.08 Å². The topological polar surface area (TPSA) is 35.5 Å². The van der Waals surface area contributed by atoms with Gasteiger partial charge < -0.3 is 9.47 Å². The molecule has 0 bridgehead atoms. The Hall–Kier alpha value is -1.91. The molecule has 0 amide bonds. The monoisotopic (exact) mass is 214 g/mol. The summed E-state index contributed by atoms with van der Waals surface area (Å²) in [5.41, 5.74) is 0.